The first-order valence-corrected chi connectivity index (χ1v) is 12.6. The molecule has 1 aliphatic carbocycles. The first-order valence-electron chi connectivity index (χ1n) is 11.0. The Morgan fingerprint density at radius 2 is 1.80 bits per heavy atom. The molecule has 0 amide bonds. The van der Waals surface area contributed by atoms with Crippen LogP contribution in [0.15, 0.2) is 4.99 Å². The van der Waals surface area contributed by atoms with Gasteiger partial charge in [0.25, 0.3) is 0 Å². The van der Waals surface area contributed by atoms with Crippen molar-refractivity contribution in [1.29, 1.82) is 0 Å². The normalized spacial score (nSPS) is 19.6. The van der Waals surface area contributed by atoms with E-state index in [-0.39, 0.29) is 42.4 Å². The molecule has 0 bridgehead atoms. The van der Waals surface area contributed by atoms with Crippen LogP contribution >= 0.6 is 24.0 Å². The fraction of sp³-hybridized carbons (Fsp3) is 0.950. The Bertz CT molecular complexity index is 618. The van der Waals surface area contributed by atoms with Crippen molar-refractivity contribution < 1.29 is 17.9 Å². The van der Waals surface area contributed by atoms with Crippen molar-refractivity contribution in [3.63, 3.8) is 0 Å². The third kappa shape index (κ3) is 9.13. The van der Waals surface area contributed by atoms with E-state index >= 15 is 0 Å². The minimum atomic E-state index is -3.27. The Labute approximate surface area is 200 Å². The number of hydrogen-bond acceptors (Lipinski definition) is 5. The highest BCUT2D eigenvalue weighted by molar-refractivity contribution is 14.0. The number of piperazine rings is 1. The first kappa shape index (κ1) is 27.9. The van der Waals surface area contributed by atoms with Crippen LogP contribution < -0.4 is 5.32 Å². The minimum Gasteiger partial charge on any atom is -0.382 e. The van der Waals surface area contributed by atoms with E-state index in [2.05, 4.69) is 17.1 Å². The maximum atomic E-state index is 12.5. The zero-order chi connectivity index (χ0) is 21.3. The van der Waals surface area contributed by atoms with Gasteiger partial charge in [0.05, 0.1) is 18.5 Å². The van der Waals surface area contributed by atoms with Gasteiger partial charge < -0.3 is 19.7 Å². The number of sulfonamides is 1. The van der Waals surface area contributed by atoms with E-state index in [1.54, 1.807) is 4.31 Å². The lowest BCUT2D eigenvalue weighted by molar-refractivity contribution is 0.0904. The molecule has 1 aliphatic heterocycles. The predicted octanol–water partition coefficient (Wildman–Crippen LogP) is 2.15. The minimum absolute atomic E-state index is 0. The molecular weight excluding hydrogens is 519 g/mol. The largest absolute Gasteiger partial charge is 0.382 e. The molecule has 2 fully saturated rings. The molecular formula is C20H41IN4O4S. The second-order valence-electron chi connectivity index (χ2n) is 8.24. The van der Waals surface area contributed by atoms with E-state index in [1.807, 2.05) is 20.8 Å². The molecule has 8 nitrogen and oxygen atoms in total. The highest BCUT2D eigenvalue weighted by Crippen LogP contribution is 2.49. The SMILES string of the molecule is CCNC(=NCC1(CCOCC)CC1)N1CCN(S(=O)(=O)CCOC(C)C)CC1.I. The molecule has 10 heteroatoms. The van der Waals surface area contributed by atoms with E-state index in [0.29, 0.717) is 31.6 Å². The van der Waals surface area contributed by atoms with Crippen LogP contribution in [0.3, 0.4) is 0 Å². The van der Waals surface area contributed by atoms with Gasteiger partial charge in [0, 0.05) is 52.5 Å². The van der Waals surface area contributed by atoms with Crippen molar-refractivity contribution in [2.45, 2.75) is 53.1 Å². The van der Waals surface area contributed by atoms with Crippen molar-refractivity contribution in [3.8, 4) is 0 Å². The Kier molecular flexibility index (Phi) is 12.4. The van der Waals surface area contributed by atoms with Crippen LogP contribution in [0.5, 0.6) is 0 Å². The fourth-order valence-electron chi connectivity index (χ4n) is 3.46. The van der Waals surface area contributed by atoms with Crippen LogP contribution in [0.25, 0.3) is 0 Å². The summed E-state index contributed by atoms with van der Waals surface area (Å²) in [5.41, 5.74) is 0.303. The topological polar surface area (TPSA) is 83.5 Å². The summed E-state index contributed by atoms with van der Waals surface area (Å²) in [6.45, 7) is 13.6. The molecule has 0 unspecified atom stereocenters. The zero-order valence-electron chi connectivity index (χ0n) is 19.1. The van der Waals surface area contributed by atoms with Crippen molar-refractivity contribution in [2.75, 3.05) is 64.8 Å². The van der Waals surface area contributed by atoms with E-state index < -0.39 is 10.0 Å². The number of halogens is 1. The number of rotatable bonds is 12. The predicted molar refractivity (Wildman–Crippen MR) is 132 cm³/mol. The number of aliphatic imine (C=N–C) groups is 1. The highest BCUT2D eigenvalue weighted by atomic mass is 127. The fourth-order valence-corrected chi connectivity index (χ4v) is 4.75. The van der Waals surface area contributed by atoms with Gasteiger partial charge >= 0.3 is 0 Å². The molecule has 1 N–H and O–H groups in total. The molecule has 2 aliphatic rings. The molecule has 0 aromatic carbocycles. The summed E-state index contributed by atoms with van der Waals surface area (Å²) >= 11 is 0. The molecule has 1 saturated carbocycles. The molecule has 178 valence electrons. The lowest BCUT2D eigenvalue weighted by Crippen LogP contribution is -2.54. The molecule has 0 aromatic rings. The Hall–Kier alpha value is -0.170. The summed E-state index contributed by atoms with van der Waals surface area (Å²) in [5, 5.41) is 3.38. The van der Waals surface area contributed by atoms with Crippen LogP contribution in [0.2, 0.25) is 0 Å². The second-order valence-corrected chi connectivity index (χ2v) is 10.3. The zero-order valence-corrected chi connectivity index (χ0v) is 22.2. The molecule has 0 spiro atoms. The third-order valence-electron chi connectivity index (χ3n) is 5.56. The number of ether oxygens (including phenoxy) is 2. The summed E-state index contributed by atoms with van der Waals surface area (Å²) in [5.74, 6) is 0.942. The van der Waals surface area contributed by atoms with E-state index in [0.717, 1.165) is 38.7 Å². The maximum Gasteiger partial charge on any atom is 0.216 e. The van der Waals surface area contributed by atoms with Crippen LogP contribution in [0.4, 0.5) is 0 Å². The Morgan fingerprint density at radius 3 is 2.33 bits per heavy atom. The van der Waals surface area contributed by atoms with Gasteiger partial charge in [-0.1, -0.05) is 0 Å². The van der Waals surface area contributed by atoms with Crippen molar-refractivity contribution >= 4 is 40.0 Å². The van der Waals surface area contributed by atoms with Crippen LogP contribution in [0, 0.1) is 5.41 Å². The van der Waals surface area contributed by atoms with E-state index in [9.17, 15) is 8.42 Å². The van der Waals surface area contributed by atoms with E-state index in [4.69, 9.17) is 14.5 Å². The quantitative estimate of drug-likeness (QED) is 0.171. The summed E-state index contributed by atoms with van der Waals surface area (Å²) in [4.78, 5) is 7.07. The highest BCUT2D eigenvalue weighted by Gasteiger charge is 2.42. The summed E-state index contributed by atoms with van der Waals surface area (Å²) in [6.07, 6.45) is 3.54. The smallest absolute Gasteiger partial charge is 0.216 e. The van der Waals surface area contributed by atoms with Gasteiger partial charge in [-0.3, -0.25) is 4.99 Å². The average Bonchev–Trinajstić information content (AvgIpc) is 3.45. The first-order chi connectivity index (χ1) is 13.8. The molecule has 30 heavy (non-hydrogen) atoms. The van der Waals surface area contributed by atoms with Crippen LogP contribution in [-0.2, 0) is 19.5 Å². The summed E-state index contributed by atoms with van der Waals surface area (Å²) in [7, 11) is -3.27. The maximum absolute atomic E-state index is 12.5. The van der Waals surface area contributed by atoms with Gasteiger partial charge in [-0.2, -0.15) is 4.31 Å². The van der Waals surface area contributed by atoms with Crippen molar-refractivity contribution in [3.05, 3.63) is 0 Å². The molecule has 0 atom stereocenters. The molecule has 0 aromatic heterocycles. The number of guanidine groups is 1. The average molecular weight is 561 g/mol. The number of hydrogen-bond donors (Lipinski definition) is 1. The Morgan fingerprint density at radius 1 is 1.13 bits per heavy atom. The lowest BCUT2D eigenvalue weighted by atomic mass is 10.0. The number of nitrogens with zero attached hydrogens (tertiary/aromatic N) is 3. The van der Waals surface area contributed by atoms with Gasteiger partial charge in [-0.05, 0) is 52.4 Å². The van der Waals surface area contributed by atoms with Gasteiger partial charge in [0.1, 0.15) is 0 Å². The second kappa shape index (κ2) is 13.4. The van der Waals surface area contributed by atoms with Gasteiger partial charge in [-0.25, -0.2) is 8.42 Å². The molecule has 0 radical (unpaired) electrons. The molecule has 1 saturated heterocycles. The lowest BCUT2D eigenvalue weighted by Gasteiger charge is -2.36. The van der Waals surface area contributed by atoms with Gasteiger partial charge in [-0.15, -0.1) is 24.0 Å². The van der Waals surface area contributed by atoms with Crippen molar-refractivity contribution in [2.24, 2.45) is 10.4 Å². The summed E-state index contributed by atoms with van der Waals surface area (Å²) in [6, 6.07) is 0. The summed E-state index contributed by atoms with van der Waals surface area (Å²) < 4.78 is 37.6. The van der Waals surface area contributed by atoms with E-state index in [1.165, 1.54) is 12.8 Å². The standard InChI is InChI=1S/C20H40N4O4S.HI/c1-5-21-19(22-17-20(7-8-20)9-14-27-6-2)23-10-12-24(13-11-23)29(25,26)16-15-28-18(3)4;/h18H,5-17H2,1-4H3,(H,21,22);1H. The third-order valence-corrected chi connectivity index (χ3v) is 7.40. The van der Waals surface area contributed by atoms with Crippen LogP contribution in [-0.4, -0.2) is 94.5 Å². The Balaban J connectivity index is 0.00000450. The monoisotopic (exact) mass is 560 g/mol. The number of nitrogens with one attached hydrogen (secondary N) is 1. The van der Waals surface area contributed by atoms with Crippen LogP contribution in [0.1, 0.15) is 47.0 Å². The van der Waals surface area contributed by atoms with Gasteiger partial charge in [0.2, 0.25) is 10.0 Å². The van der Waals surface area contributed by atoms with Crippen molar-refractivity contribution in [1.82, 2.24) is 14.5 Å². The van der Waals surface area contributed by atoms with Gasteiger partial charge in [0.15, 0.2) is 5.96 Å². The molecule has 2 rings (SSSR count). The molecule has 1 heterocycles.